The van der Waals surface area contributed by atoms with Gasteiger partial charge in [0.05, 0.1) is 6.54 Å². The fourth-order valence-corrected chi connectivity index (χ4v) is 1.74. The summed E-state index contributed by atoms with van der Waals surface area (Å²) in [7, 11) is 0. The zero-order valence-corrected chi connectivity index (χ0v) is 9.94. The Morgan fingerprint density at radius 1 is 1.56 bits per heavy atom. The first-order valence-corrected chi connectivity index (χ1v) is 5.67. The van der Waals surface area contributed by atoms with Crippen molar-refractivity contribution < 1.29 is 8.78 Å². The molecule has 2 aromatic rings. The van der Waals surface area contributed by atoms with Gasteiger partial charge in [-0.15, -0.1) is 11.6 Å². The molecule has 0 aliphatic carbocycles. The van der Waals surface area contributed by atoms with Crippen LogP contribution in [0.2, 0.25) is 0 Å². The van der Waals surface area contributed by atoms with E-state index < -0.39 is 18.7 Å². The first kappa shape index (κ1) is 12.7. The van der Waals surface area contributed by atoms with Crippen LogP contribution in [0.5, 0.6) is 0 Å². The van der Waals surface area contributed by atoms with Gasteiger partial charge in [-0.05, 0) is 0 Å². The summed E-state index contributed by atoms with van der Waals surface area (Å²) in [6, 6.07) is 1.45. The summed E-state index contributed by atoms with van der Waals surface area (Å²) < 4.78 is 26.0. The van der Waals surface area contributed by atoms with Crippen LogP contribution in [0.25, 0.3) is 5.65 Å². The van der Waals surface area contributed by atoms with Crippen molar-refractivity contribution in [1.82, 2.24) is 19.6 Å². The summed E-state index contributed by atoms with van der Waals surface area (Å²) in [5, 5.41) is 5.98. The number of rotatable bonds is 5. The van der Waals surface area contributed by atoms with Crippen molar-refractivity contribution in [2.45, 2.75) is 6.43 Å². The van der Waals surface area contributed by atoms with E-state index in [1.54, 1.807) is 0 Å². The number of halogens is 3. The van der Waals surface area contributed by atoms with Crippen LogP contribution < -0.4 is 10.6 Å². The second-order valence-electron chi connectivity index (χ2n) is 3.53. The second-order valence-corrected chi connectivity index (χ2v) is 3.91. The molecule has 0 aliphatic heterocycles. The highest BCUT2D eigenvalue weighted by atomic mass is 35.5. The van der Waals surface area contributed by atoms with Gasteiger partial charge in [0, 0.05) is 18.5 Å². The van der Waals surface area contributed by atoms with Crippen LogP contribution in [0.3, 0.4) is 0 Å². The highest BCUT2D eigenvalue weighted by Gasteiger charge is 2.14. The molecule has 0 saturated heterocycles. The fourth-order valence-electron chi connectivity index (χ4n) is 1.54. The number of alkyl halides is 3. The van der Waals surface area contributed by atoms with Gasteiger partial charge in [0.25, 0.3) is 6.43 Å². The van der Waals surface area contributed by atoms with Gasteiger partial charge in [0.1, 0.15) is 12.1 Å². The standard InChI is InChI=1S/C9H10ClF2N5O/c10-1-2-16(4-6(11)12)7-3-8-14-15-9(18)17(8)5-13-7/h3,5-6H,1-2,4H2,(H,15,18). The molecule has 0 amide bonds. The van der Waals surface area contributed by atoms with E-state index in [-0.39, 0.29) is 12.4 Å². The number of hydrogen-bond acceptors (Lipinski definition) is 4. The number of fused-ring (bicyclic) bond motifs is 1. The molecule has 0 spiro atoms. The number of hydrogen-bond donors (Lipinski definition) is 1. The molecule has 2 aromatic heterocycles. The molecule has 0 aliphatic rings. The third kappa shape index (κ3) is 2.58. The molecule has 1 N–H and O–H groups in total. The van der Waals surface area contributed by atoms with Gasteiger partial charge in [-0.25, -0.2) is 28.1 Å². The Labute approximate surface area is 105 Å². The van der Waals surface area contributed by atoms with Crippen LogP contribution in [0.15, 0.2) is 17.2 Å². The van der Waals surface area contributed by atoms with Crippen LogP contribution in [-0.4, -0.2) is 45.0 Å². The largest absolute Gasteiger partial charge is 0.350 e. The minimum Gasteiger partial charge on any atom is -0.350 e. The summed E-state index contributed by atoms with van der Waals surface area (Å²) in [6.07, 6.45) is -1.25. The number of nitrogens with one attached hydrogen (secondary N) is 1. The van der Waals surface area contributed by atoms with E-state index >= 15 is 0 Å². The lowest BCUT2D eigenvalue weighted by Crippen LogP contribution is -2.31. The maximum Gasteiger partial charge on any atom is 0.348 e. The van der Waals surface area contributed by atoms with E-state index in [4.69, 9.17) is 11.6 Å². The third-order valence-corrected chi connectivity index (χ3v) is 2.50. The summed E-state index contributed by atoms with van der Waals surface area (Å²) in [4.78, 5) is 16.5. The van der Waals surface area contributed by atoms with Crippen LogP contribution in [-0.2, 0) is 0 Å². The van der Waals surface area contributed by atoms with Gasteiger partial charge >= 0.3 is 5.69 Å². The maximum atomic E-state index is 12.4. The number of anilines is 1. The van der Waals surface area contributed by atoms with Crippen molar-refractivity contribution in [1.29, 1.82) is 0 Å². The molecule has 0 atom stereocenters. The Kier molecular flexibility index (Phi) is 3.75. The van der Waals surface area contributed by atoms with Gasteiger partial charge in [-0.2, -0.15) is 5.10 Å². The molecule has 0 radical (unpaired) electrons. The van der Waals surface area contributed by atoms with Crippen LogP contribution >= 0.6 is 11.6 Å². The quantitative estimate of drug-likeness (QED) is 0.818. The maximum absolute atomic E-state index is 12.4. The Morgan fingerprint density at radius 3 is 3.00 bits per heavy atom. The molecule has 2 rings (SSSR count). The second kappa shape index (κ2) is 5.30. The predicted molar refractivity (Wildman–Crippen MR) is 62.5 cm³/mol. The van der Waals surface area contributed by atoms with E-state index in [0.29, 0.717) is 11.5 Å². The Bertz CT molecular complexity index is 584. The number of nitrogens with zero attached hydrogens (tertiary/aromatic N) is 4. The predicted octanol–water partition coefficient (Wildman–Crippen LogP) is 0.728. The smallest absolute Gasteiger partial charge is 0.348 e. The molecule has 0 unspecified atom stereocenters. The zero-order chi connectivity index (χ0) is 13.1. The van der Waals surface area contributed by atoms with E-state index in [2.05, 4.69) is 15.2 Å². The van der Waals surface area contributed by atoms with Gasteiger partial charge in [-0.3, -0.25) is 0 Å². The molecule has 0 aromatic carbocycles. The van der Waals surface area contributed by atoms with E-state index in [1.165, 1.54) is 21.7 Å². The summed E-state index contributed by atoms with van der Waals surface area (Å²) in [5.74, 6) is 0.509. The van der Waals surface area contributed by atoms with Crippen molar-refractivity contribution in [2.24, 2.45) is 0 Å². The minimum atomic E-state index is -2.49. The monoisotopic (exact) mass is 277 g/mol. The van der Waals surface area contributed by atoms with Gasteiger partial charge < -0.3 is 4.90 Å². The van der Waals surface area contributed by atoms with Crippen LogP contribution in [0.4, 0.5) is 14.6 Å². The highest BCUT2D eigenvalue weighted by molar-refractivity contribution is 6.18. The molecule has 0 saturated carbocycles. The fraction of sp³-hybridized carbons (Fsp3) is 0.444. The van der Waals surface area contributed by atoms with E-state index in [1.807, 2.05) is 0 Å². The molecule has 2 heterocycles. The molecule has 6 nitrogen and oxygen atoms in total. The highest BCUT2D eigenvalue weighted by Crippen LogP contribution is 2.13. The van der Waals surface area contributed by atoms with Crippen molar-refractivity contribution in [2.75, 3.05) is 23.9 Å². The summed E-state index contributed by atoms with van der Waals surface area (Å²) in [5.41, 5.74) is -0.111. The molecule has 98 valence electrons. The molecule has 0 bridgehead atoms. The third-order valence-electron chi connectivity index (χ3n) is 2.33. The Morgan fingerprint density at radius 2 is 2.33 bits per heavy atom. The first-order valence-electron chi connectivity index (χ1n) is 5.13. The Balaban J connectivity index is 2.34. The lowest BCUT2D eigenvalue weighted by atomic mass is 10.4. The van der Waals surface area contributed by atoms with Crippen molar-refractivity contribution in [3.8, 4) is 0 Å². The zero-order valence-electron chi connectivity index (χ0n) is 9.18. The van der Waals surface area contributed by atoms with Gasteiger partial charge in [-0.1, -0.05) is 0 Å². The first-order chi connectivity index (χ1) is 8.61. The lowest BCUT2D eigenvalue weighted by Gasteiger charge is -2.21. The molecule has 18 heavy (non-hydrogen) atoms. The number of aromatic amines is 1. The molecule has 9 heteroatoms. The van der Waals surface area contributed by atoms with Gasteiger partial charge in [0.15, 0.2) is 5.65 Å². The molecular formula is C9H10ClF2N5O. The Hall–Kier alpha value is -1.70. The van der Waals surface area contributed by atoms with Crippen molar-refractivity contribution in [3.63, 3.8) is 0 Å². The normalized spacial score (nSPS) is 11.3. The van der Waals surface area contributed by atoms with Crippen molar-refractivity contribution >= 4 is 23.1 Å². The lowest BCUT2D eigenvalue weighted by molar-refractivity contribution is 0.155. The molecular weight excluding hydrogens is 268 g/mol. The van der Waals surface area contributed by atoms with E-state index in [0.717, 1.165) is 0 Å². The molecule has 0 fully saturated rings. The summed E-state index contributed by atoms with van der Waals surface area (Å²) >= 11 is 5.56. The average Bonchev–Trinajstić information content (AvgIpc) is 2.70. The van der Waals surface area contributed by atoms with Crippen LogP contribution in [0.1, 0.15) is 0 Å². The topological polar surface area (TPSA) is 66.3 Å². The van der Waals surface area contributed by atoms with Gasteiger partial charge in [0.2, 0.25) is 0 Å². The number of H-pyrrole nitrogens is 1. The number of aromatic nitrogens is 4. The SMILES string of the molecule is O=c1[nH]nc2cc(N(CCCl)CC(F)F)ncn12. The van der Waals surface area contributed by atoms with E-state index in [9.17, 15) is 13.6 Å². The minimum absolute atomic E-state index is 0.201. The average molecular weight is 278 g/mol. The van der Waals surface area contributed by atoms with Crippen LogP contribution in [0, 0.1) is 0 Å². The summed E-state index contributed by atoms with van der Waals surface area (Å²) in [6.45, 7) is -0.228. The van der Waals surface area contributed by atoms with Crippen molar-refractivity contribution in [3.05, 3.63) is 22.9 Å².